The third kappa shape index (κ3) is 5.11. The van der Waals surface area contributed by atoms with Crippen LogP contribution >= 0.6 is 7.75 Å². The molecule has 0 bridgehead atoms. The van der Waals surface area contributed by atoms with Crippen molar-refractivity contribution in [3.8, 4) is 0 Å². The van der Waals surface area contributed by atoms with Gasteiger partial charge in [-0.15, -0.1) is 0 Å². The monoisotopic (exact) mass is 423 g/mol. The number of pyridine rings is 1. The largest absolute Gasteiger partial charge is 0.431 e. The standard InChI is InChI=1S/C15H18N7O6P/c1-9-7-22(15(24)18-14(9)23)13-6-10(19-21-16)11(28-13)8-27-29(25,26)20-12-4-2-3-5-17-12/h2-5,7,10-11,13H,6,8H2,1H3,(H,18,23,24)(H2,17,20,25,26)/t10?,11-,13-/m1/s1. The summed E-state index contributed by atoms with van der Waals surface area (Å²) in [6.07, 6.45) is 1.16. The summed E-state index contributed by atoms with van der Waals surface area (Å²) >= 11 is 0. The van der Waals surface area contributed by atoms with Gasteiger partial charge in [-0.25, -0.2) is 14.3 Å². The zero-order valence-corrected chi connectivity index (χ0v) is 16.1. The highest BCUT2D eigenvalue weighted by molar-refractivity contribution is 7.54. The summed E-state index contributed by atoms with van der Waals surface area (Å²) in [7, 11) is -4.27. The normalized spacial score (nSPS) is 23.2. The molecule has 4 atom stereocenters. The van der Waals surface area contributed by atoms with Gasteiger partial charge in [0.05, 0.1) is 18.8 Å². The number of hydrogen-bond donors (Lipinski definition) is 3. The number of aryl methyl sites for hydroxylation is 1. The highest BCUT2D eigenvalue weighted by atomic mass is 31.2. The van der Waals surface area contributed by atoms with Crippen molar-refractivity contribution in [1.29, 1.82) is 0 Å². The van der Waals surface area contributed by atoms with Gasteiger partial charge in [-0.1, -0.05) is 11.2 Å². The fraction of sp³-hybridized carbons (Fsp3) is 0.400. The minimum Gasteiger partial charge on any atom is -0.352 e. The number of H-pyrrole nitrogens is 1. The molecule has 2 aromatic heterocycles. The van der Waals surface area contributed by atoms with E-state index >= 15 is 0 Å². The summed E-state index contributed by atoms with van der Waals surface area (Å²) in [6, 6.07) is 4.01. The van der Waals surface area contributed by atoms with Crippen molar-refractivity contribution >= 4 is 13.6 Å². The molecule has 1 fully saturated rings. The van der Waals surface area contributed by atoms with Gasteiger partial charge in [-0.3, -0.25) is 24.0 Å². The SMILES string of the molecule is Cc1cn([C@H]2CC(N=[N+]=[N-])[C@@H](COP(=O)(O)Nc3ccccn3)O2)c(=O)[nH]c1=O. The van der Waals surface area contributed by atoms with Crippen molar-refractivity contribution in [3.05, 3.63) is 67.4 Å². The van der Waals surface area contributed by atoms with Gasteiger partial charge in [0.15, 0.2) is 0 Å². The Morgan fingerprint density at radius 3 is 3.03 bits per heavy atom. The lowest BCUT2D eigenvalue weighted by molar-refractivity contribution is -0.0237. The molecule has 13 nitrogen and oxygen atoms in total. The van der Waals surface area contributed by atoms with Crippen LogP contribution in [0, 0.1) is 6.92 Å². The van der Waals surface area contributed by atoms with E-state index in [-0.39, 0.29) is 18.8 Å². The van der Waals surface area contributed by atoms with Gasteiger partial charge < -0.3 is 9.63 Å². The summed E-state index contributed by atoms with van der Waals surface area (Å²) in [5.41, 5.74) is 7.88. The minimum absolute atomic E-state index is 0.118. The van der Waals surface area contributed by atoms with Crippen molar-refractivity contribution in [2.75, 3.05) is 11.7 Å². The van der Waals surface area contributed by atoms with Gasteiger partial charge in [0, 0.05) is 29.3 Å². The number of rotatable bonds is 7. The van der Waals surface area contributed by atoms with Crippen molar-refractivity contribution in [2.24, 2.45) is 5.11 Å². The molecular formula is C15H18N7O6P. The fourth-order valence-corrected chi connectivity index (χ4v) is 3.64. The Balaban J connectivity index is 1.72. The van der Waals surface area contributed by atoms with E-state index in [1.165, 1.54) is 30.0 Å². The first-order valence-electron chi connectivity index (χ1n) is 8.47. The minimum atomic E-state index is -4.27. The van der Waals surface area contributed by atoms with Crippen molar-refractivity contribution in [1.82, 2.24) is 14.5 Å². The second-order valence-corrected chi connectivity index (χ2v) is 7.78. The van der Waals surface area contributed by atoms with Crippen LogP contribution in [0.15, 0.2) is 45.3 Å². The maximum atomic E-state index is 12.2. The molecule has 0 aliphatic carbocycles. The van der Waals surface area contributed by atoms with E-state index in [0.29, 0.717) is 5.56 Å². The van der Waals surface area contributed by atoms with Crippen LogP contribution in [-0.4, -0.2) is 38.2 Å². The molecule has 0 spiro atoms. The highest BCUT2D eigenvalue weighted by Crippen LogP contribution is 2.42. The average molecular weight is 423 g/mol. The summed E-state index contributed by atoms with van der Waals surface area (Å²) < 4.78 is 24.2. The predicted octanol–water partition coefficient (Wildman–Crippen LogP) is 1.44. The lowest BCUT2D eigenvalue weighted by Gasteiger charge is -2.19. The molecule has 2 aromatic rings. The van der Waals surface area contributed by atoms with Crippen molar-refractivity contribution in [3.63, 3.8) is 0 Å². The second-order valence-electron chi connectivity index (χ2n) is 6.26. The van der Waals surface area contributed by atoms with Gasteiger partial charge in [-0.2, -0.15) is 0 Å². The van der Waals surface area contributed by atoms with Crippen LogP contribution in [0.2, 0.25) is 0 Å². The third-order valence-electron chi connectivity index (χ3n) is 4.19. The van der Waals surface area contributed by atoms with Crippen LogP contribution in [0.4, 0.5) is 5.82 Å². The van der Waals surface area contributed by atoms with E-state index in [1.54, 1.807) is 12.1 Å². The number of nitrogens with zero attached hydrogens (tertiary/aromatic N) is 5. The van der Waals surface area contributed by atoms with Crippen molar-refractivity contribution in [2.45, 2.75) is 31.7 Å². The first kappa shape index (κ1) is 20.8. The van der Waals surface area contributed by atoms with Crippen LogP contribution in [0.1, 0.15) is 18.2 Å². The molecule has 3 N–H and O–H groups in total. The van der Waals surface area contributed by atoms with E-state index in [1.807, 2.05) is 0 Å². The van der Waals surface area contributed by atoms with Gasteiger partial charge in [0.25, 0.3) is 5.56 Å². The van der Waals surface area contributed by atoms with Crippen molar-refractivity contribution < 1.29 is 18.7 Å². The molecule has 0 amide bonds. The molecule has 0 saturated carbocycles. The van der Waals surface area contributed by atoms with Crippen LogP contribution in [0.25, 0.3) is 10.4 Å². The number of aromatic amines is 1. The van der Waals surface area contributed by atoms with E-state index in [0.717, 1.165) is 0 Å². The topological polar surface area (TPSA) is 184 Å². The Kier molecular flexibility index (Phi) is 6.16. The zero-order valence-electron chi connectivity index (χ0n) is 15.2. The smallest absolute Gasteiger partial charge is 0.352 e. The fourth-order valence-electron chi connectivity index (χ4n) is 2.80. The molecule has 1 aliphatic rings. The van der Waals surface area contributed by atoms with Crippen LogP contribution in [0.5, 0.6) is 0 Å². The summed E-state index contributed by atoms with van der Waals surface area (Å²) in [5.74, 6) is 0.144. The Labute approximate surface area is 163 Å². The van der Waals surface area contributed by atoms with E-state index < -0.39 is 37.4 Å². The van der Waals surface area contributed by atoms with Gasteiger partial charge in [0.1, 0.15) is 12.0 Å². The first-order valence-corrected chi connectivity index (χ1v) is 10.1. The highest BCUT2D eigenvalue weighted by Gasteiger charge is 2.38. The number of anilines is 1. The maximum absolute atomic E-state index is 12.2. The first-order chi connectivity index (χ1) is 13.8. The number of ether oxygens (including phenoxy) is 1. The molecule has 154 valence electrons. The zero-order chi connectivity index (χ0) is 21.0. The molecule has 29 heavy (non-hydrogen) atoms. The lowest BCUT2D eigenvalue weighted by Crippen LogP contribution is -2.33. The number of aromatic nitrogens is 3. The molecule has 3 heterocycles. The lowest BCUT2D eigenvalue weighted by atomic mass is 10.1. The van der Waals surface area contributed by atoms with Crippen LogP contribution in [0.3, 0.4) is 0 Å². The van der Waals surface area contributed by atoms with E-state index in [2.05, 4.69) is 25.1 Å². The number of hydrogen-bond acceptors (Lipinski definition) is 7. The van der Waals surface area contributed by atoms with E-state index in [4.69, 9.17) is 14.8 Å². The Bertz CT molecular complexity index is 1080. The molecule has 2 unspecified atom stereocenters. The Hall–Kier alpha value is -2.95. The van der Waals surface area contributed by atoms with Crippen LogP contribution < -0.4 is 16.3 Å². The Morgan fingerprint density at radius 1 is 1.55 bits per heavy atom. The quantitative estimate of drug-likeness (QED) is 0.258. The predicted molar refractivity (Wildman–Crippen MR) is 101 cm³/mol. The van der Waals surface area contributed by atoms with E-state index in [9.17, 15) is 19.0 Å². The summed E-state index contributed by atoms with van der Waals surface area (Å²) in [4.78, 5) is 42.4. The average Bonchev–Trinajstić information content (AvgIpc) is 3.06. The molecule has 0 radical (unpaired) electrons. The summed E-state index contributed by atoms with van der Waals surface area (Å²) in [5, 5.41) is 5.90. The number of azide groups is 1. The molecular weight excluding hydrogens is 405 g/mol. The maximum Gasteiger partial charge on any atom is 0.431 e. The summed E-state index contributed by atoms with van der Waals surface area (Å²) in [6.45, 7) is 1.14. The molecule has 14 heteroatoms. The molecule has 1 aliphatic heterocycles. The molecule has 0 aromatic carbocycles. The van der Waals surface area contributed by atoms with Gasteiger partial charge >= 0.3 is 13.4 Å². The van der Waals surface area contributed by atoms with Crippen LogP contribution in [-0.2, 0) is 13.8 Å². The Morgan fingerprint density at radius 2 is 2.34 bits per heavy atom. The second kappa shape index (κ2) is 8.60. The number of nitrogens with one attached hydrogen (secondary N) is 2. The molecule has 3 rings (SSSR count). The van der Waals surface area contributed by atoms with Gasteiger partial charge in [0.2, 0.25) is 0 Å². The van der Waals surface area contributed by atoms with Gasteiger partial charge in [-0.05, 0) is 24.6 Å². The third-order valence-corrected chi connectivity index (χ3v) is 5.21. The molecule has 1 saturated heterocycles.